The lowest BCUT2D eigenvalue weighted by molar-refractivity contribution is -0.253. The van der Waals surface area contributed by atoms with Gasteiger partial charge in [-0.1, -0.05) is 13.3 Å². The number of rotatable bonds is 5. The Morgan fingerprint density at radius 3 is 2.72 bits per heavy atom. The van der Waals surface area contributed by atoms with Gasteiger partial charge in [-0.05, 0) is 6.42 Å². The second-order valence-electron chi connectivity index (χ2n) is 4.28. The van der Waals surface area contributed by atoms with E-state index < -0.39 is 43.2 Å². The van der Waals surface area contributed by atoms with Crippen molar-refractivity contribution in [2.45, 2.75) is 56.8 Å². The van der Waals surface area contributed by atoms with Crippen molar-refractivity contribution in [2.24, 2.45) is 0 Å². The summed E-state index contributed by atoms with van der Waals surface area (Å²) in [5.41, 5.74) is 0. The zero-order chi connectivity index (χ0) is 14.4. The fraction of sp³-hybridized carbons (Fsp3) is 0.909. The van der Waals surface area contributed by atoms with E-state index in [0.717, 1.165) is 0 Å². The van der Waals surface area contributed by atoms with Crippen LogP contribution in [-0.2, 0) is 9.53 Å². The van der Waals surface area contributed by atoms with Crippen LogP contribution >= 0.6 is 0 Å². The summed E-state index contributed by atoms with van der Waals surface area (Å²) in [6.07, 6.45) is -4.06. The fourth-order valence-electron chi connectivity index (χ4n) is 1.80. The number of carbonyl (C=O) groups excluding carboxylic acids is 1. The van der Waals surface area contributed by atoms with Gasteiger partial charge in [0.05, 0.1) is 6.61 Å². The lowest BCUT2D eigenvalue weighted by atomic mass is 9.97. The van der Waals surface area contributed by atoms with Gasteiger partial charge in [-0.15, -0.1) is 0 Å². The highest BCUT2D eigenvalue weighted by Gasteiger charge is 2.44. The average Bonchev–Trinajstić information content (AvgIpc) is 2.39. The topological polar surface area (TPSA) is 119 Å². The molecule has 1 rings (SSSR count). The molecule has 1 aliphatic rings. The molecule has 0 spiro atoms. The molecule has 0 saturated carbocycles. The number of unbranched alkanes of at least 4 members (excludes halogenated alkanes) is 1. The van der Waals surface area contributed by atoms with Crippen LogP contribution in [0.15, 0.2) is 0 Å². The smallest absolute Gasteiger partial charge is 0.220 e. The maximum Gasteiger partial charge on any atom is 0.220 e. The Labute approximate surface area is 107 Å². The Hall–Kier alpha value is -0.730. The van der Waals surface area contributed by atoms with Crippen molar-refractivity contribution in [2.75, 3.05) is 6.61 Å². The van der Waals surface area contributed by atoms with Crippen molar-refractivity contribution in [1.29, 1.82) is 0 Å². The molecule has 0 aromatic heterocycles. The molecule has 1 unspecified atom stereocenters. The standard InChI is InChI=1S/C11H21NO6/c1-2-3-4-7(14)12-8-10(16)9(15)6(5-13)18-11(8)17/h6,8-11,13,15-17H,2-5H2,1H3,(H,12,14)/t6-,8-,9-,10-,11?/m1/s1/i1D. The van der Waals surface area contributed by atoms with E-state index in [2.05, 4.69) is 5.32 Å². The Morgan fingerprint density at radius 1 is 1.39 bits per heavy atom. The van der Waals surface area contributed by atoms with E-state index in [0.29, 0.717) is 12.8 Å². The van der Waals surface area contributed by atoms with Crippen molar-refractivity contribution in [3.05, 3.63) is 0 Å². The first kappa shape index (κ1) is 13.7. The Bertz CT molecular complexity index is 292. The third-order valence-electron chi connectivity index (χ3n) is 2.88. The van der Waals surface area contributed by atoms with Crippen LogP contribution in [0.25, 0.3) is 0 Å². The molecule has 5 N–H and O–H groups in total. The van der Waals surface area contributed by atoms with Gasteiger partial charge in [-0.2, -0.15) is 0 Å². The van der Waals surface area contributed by atoms with Crippen LogP contribution < -0.4 is 5.32 Å². The molecule has 0 radical (unpaired) electrons. The largest absolute Gasteiger partial charge is 0.394 e. The summed E-state index contributed by atoms with van der Waals surface area (Å²) in [5.74, 6) is -0.394. The van der Waals surface area contributed by atoms with E-state index in [1.165, 1.54) is 0 Å². The molecule has 1 heterocycles. The highest BCUT2D eigenvalue weighted by molar-refractivity contribution is 5.76. The molecule has 18 heavy (non-hydrogen) atoms. The second-order valence-corrected chi connectivity index (χ2v) is 4.28. The number of ether oxygens (including phenoxy) is 1. The summed E-state index contributed by atoms with van der Waals surface area (Å²) >= 11 is 0. The summed E-state index contributed by atoms with van der Waals surface area (Å²) in [4.78, 5) is 11.6. The molecule has 0 aromatic carbocycles. The number of nitrogens with one attached hydrogen (secondary N) is 1. The van der Waals surface area contributed by atoms with Gasteiger partial charge in [0.2, 0.25) is 5.91 Å². The summed E-state index contributed by atoms with van der Waals surface area (Å²) in [5, 5.41) is 40.3. The predicted molar refractivity (Wildman–Crippen MR) is 61.4 cm³/mol. The molecule has 0 bridgehead atoms. The Balaban J connectivity index is 2.50. The SMILES string of the molecule is [2H]CCCCC(=O)N[C@H]1C(O)O[C@H](CO)[C@@H](O)[C@@H]1O. The normalized spacial score (nSPS) is 37.1. The van der Waals surface area contributed by atoms with Crippen LogP contribution in [0, 0.1) is 0 Å². The predicted octanol–water partition coefficient (Wildman–Crippen LogP) is -1.91. The first-order valence-electron chi connectivity index (χ1n) is 6.61. The molecule has 7 nitrogen and oxygen atoms in total. The van der Waals surface area contributed by atoms with Gasteiger partial charge in [0.1, 0.15) is 24.4 Å². The molecule has 0 aliphatic carbocycles. The van der Waals surface area contributed by atoms with Crippen molar-refractivity contribution in [3.63, 3.8) is 0 Å². The zero-order valence-electron chi connectivity index (χ0n) is 11.0. The minimum atomic E-state index is -1.49. The maximum absolute atomic E-state index is 11.6. The van der Waals surface area contributed by atoms with E-state index in [9.17, 15) is 20.1 Å². The molecule has 106 valence electrons. The van der Waals surface area contributed by atoms with Crippen LogP contribution in [-0.4, -0.2) is 63.6 Å². The monoisotopic (exact) mass is 264 g/mol. The first-order chi connectivity index (χ1) is 9.01. The van der Waals surface area contributed by atoms with Gasteiger partial charge in [0.15, 0.2) is 6.29 Å². The van der Waals surface area contributed by atoms with Crippen molar-refractivity contribution >= 4 is 5.91 Å². The molecule has 5 atom stereocenters. The van der Waals surface area contributed by atoms with E-state index in [1.807, 2.05) is 0 Å². The Morgan fingerprint density at radius 2 is 2.11 bits per heavy atom. The number of aliphatic hydroxyl groups is 4. The number of hydrogen-bond donors (Lipinski definition) is 5. The van der Waals surface area contributed by atoms with Crippen LogP contribution in [0.5, 0.6) is 0 Å². The van der Waals surface area contributed by atoms with E-state index in [4.69, 9.17) is 11.2 Å². The molecular weight excluding hydrogens is 242 g/mol. The van der Waals surface area contributed by atoms with E-state index >= 15 is 0 Å². The average molecular weight is 264 g/mol. The van der Waals surface area contributed by atoms with Crippen molar-refractivity contribution < 1.29 is 31.3 Å². The second kappa shape index (κ2) is 7.01. The number of carbonyl (C=O) groups is 1. The lowest BCUT2D eigenvalue weighted by Crippen LogP contribution is -2.64. The molecule has 1 fully saturated rings. The van der Waals surface area contributed by atoms with Gasteiger partial charge in [-0.3, -0.25) is 4.79 Å². The summed E-state index contributed by atoms with van der Waals surface area (Å²) in [6.45, 7) is -0.304. The molecule has 1 amide bonds. The fourth-order valence-corrected chi connectivity index (χ4v) is 1.80. The lowest BCUT2D eigenvalue weighted by Gasteiger charge is -2.40. The molecule has 1 aliphatic heterocycles. The van der Waals surface area contributed by atoms with Crippen LogP contribution in [0.1, 0.15) is 27.5 Å². The number of hydrogen-bond acceptors (Lipinski definition) is 6. The van der Waals surface area contributed by atoms with Crippen molar-refractivity contribution in [3.8, 4) is 0 Å². The minimum Gasteiger partial charge on any atom is -0.394 e. The summed E-state index contributed by atoms with van der Waals surface area (Å²) in [6, 6.07) is -1.14. The first-order valence-corrected chi connectivity index (χ1v) is 5.90. The minimum absolute atomic E-state index is 0.175. The van der Waals surface area contributed by atoms with E-state index in [-0.39, 0.29) is 13.3 Å². The zero-order valence-corrected chi connectivity index (χ0v) is 10.0. The molecular formula is C11H21NO6. The van der Waals surface area contributed by atoms with Gasteiger partial charge in [-0.25, -0.2) is 0 Å². The molecule has 1 saturated heterocycles. The van der Waals surface area contributed by atoms with Gasteiger partial charge in [0.25, 0.3) is 0 Å². The van der Waals surface area contributed by atoms with Crippen LogP contribution in [0.4, 0.5) is 0 Å². The van der Waals surface area contributed by atoms with E-state index in [1.54, 1.807) is 0 Å². The summed E-state index contributed by atoms with van der Waals surface area (Å²) < 4.78 is 11.9. The van der Waals surface area contributed by atoms with Crippen molar-refractivity contribution in [1.82, 2.24) is 5.32 Å². The third kappa shape index (κ3) is 3.63. The highest BCUT2D eigenvalue weighted by Crippen LogP contribution is 2.19. The summed E-state index contributed by atoms with van der Waals surface area (Å²) in [7, 11) is 0. The third-order valence-corrected chi connectivity index (χ3v) is 2.88. The van der Waals surface area contributed by atoms with Gasteiger partial charge in [0, 0.05) is 7.79 Å². The molecule has 7 heteroatoms. The quantitative estimate of drug-likeness (QED) is 0.370. The van der Waals surface area contributed by atoms with Crippen LogP contribution in [0.2, 0.25) is 0 Å². The maximum atomic E-state index is 11.6. The van der Waals surface area contributed by atoms with Crippen LogP contribution in [0.3, 0.4) is 0 Å². The highest BCUT2D eigenvalue weighted by atomic mass is 16.6. The number of amides is 1. The van der Waals surface area contributed by atoms with Gasteiger partial charge >= 0.3 is 0 Å². The number of aliphatic hydroxyl groups excluding tert-OH is 4. The molecule has 0 aromatic rings. The Kier molecular flexibility index (Phi) is 5.33. The van der Waals surface area contributed by atoms with Gasteiger partial charge < -0.3 is 30.5 Å².